The van der Waals surface area contributed by atoms with Gasteiger partial charge in [-0.15, -0.1) is 0 Å². The van der Waals surface area contributed by atoms with E-state index in [2.05, 4.69) is 50.2 Å². The van der Waals surface area contributed by atoms with Gasteiger partial charge >= 0.3 is 0 Å². The summed E-state index contributed by atoms with van der Waals surface area (Å²) in [6.45, 7) is 11.1. The zero-order valence-corrected chi connectivity index (χ0v) is 14.3. The third kappa shape index (κ3) is 3.47. The SMILES string of the molecule is CNc1nc(C(C)C)nc(NC2CCCC(C)C2C)c1C. The van der Waals surface area contributed by atoms with E-state index in [0.717, 1.165) is 28.9 Å². The normalized spacial score (nSPS) is 26.0. The molecule has 1 aromatic heterocycles. The minimum absolute atomic E-state index is 0.334. The number of nitrogens with zero attached hydrogens (tertiary/aromatic N) is 2. The van der Waals surface area contributed by atoms with Crippen molar-refractivity contribution >= 4 is 11.6 Å². The van der Waals surface area contributed by atoms with Crippen LogP contribution in [0, 0.1) is 18.8 Å². The fourth-order valence-electron chi connectivity index (χ4n) is 3.14. The van der Waals surface area contributed by atoms with Gasteiger partial charge in [-0.25, -0.2) is 9.97 Å². The van der Waals surface area contributed by atoms with Gasteiger partial charge in [-0.3, -0.25) is 0 Å². The summed E-state index contributed by atoms with van der Waals surface area (Å²) in [6, 6.07) is 0.520. The first kappa shape index (κ1) is 16.1. The summed E-state index contributed by atoms with van der Waals surface area (Å²) in [5.74, 6) is 4.65. The van der Waals surface area contributed by atoms with Gasteiger partial charge in [0, 0.05) is 24.6 Å². The molecule has 1 heterocycles. The molecule has 118 valence electrons. The molecule has 0 spiro atoms. The van der Waals surface area contributed by atoms with Crippen molar-refractivity contribution < 1.29 is 0 Å². The number of hydrogen-bond donors (Lipinski definition) is 2. The van der Waals surface area contributed by atoms with Gasteiger partial charge in [-0.05, 0) is 25.2 Å². The Kier molecular flexibility index (Phi) is 5.07. The summed E-state index contributed by atoms with van der Waals surface area (Å²) >= 11 is 0. The van der Waals surface area contributed by atoms with Crippen LogP contribution in [0.3, 0.4) is 0 Å². The molecule has 0 saturated heterocycles. The number of nitrogens with one attached hydrogen (secondary N) is 2. The molecule has 0 aromatic carbocycles. The monoisotopic (exact) mass is 290 g/mol. The Morgan fingerprint density at radius 2 is 1.76 bits per heavy atom. The minimum Gasteiger partial charge on any atom is -0.373 e. The van der Waals surface area contributed by atoms with Gasteiger partial charge in [-0.2, -0.15) is 0 Å². The fourth-order valence-corrected chi connectivity index (χ4v) is 3.14. The molecule has 4 nitrogen and oxygen atoms in total. The lowest BCUT2D eigenvalue weighted by atomic mass is 9.78. The molecular formula is C17H30N4. The van der Waals surface area contributed by atoms with Gasteiger partial charge in [0.05, 0.1) is 0 Å². The third-order valence-corrected chi connectivity index (χ3v) is 4.95. The maximum atomic E-state index is 4.77. The van der Waals surface area contributed by atoms with Crippen molar-refractivity contribution in [1.82, 2.24) is 9.97 Å². The first-order chi connectivity index (χ1) is 9.93. The molecule has 4 heteroatoms. The molecular weight excluding hydrogens is 260 g/mol. The highest BCUT2D eigenvalue weighted by Gasteiger charge is 2.28. The van der Waals surface area contributed by atoms with Crippen LogP contribution in [0.25, 0.3) is 0 Å². The molecule has 1 aromatic rings. The van der Waals surface area contributed by atoms with Gasteiger partial charge in [0.2, 0.25) is 0 Å². The van der Waals surface area contributed by atoms with Crippen LogP contribution < -0.4 is 10.6 Å². The molecule has 3 unspecified atom stereocenters. The van der Waals surface area contributed by atoms with Gasteiger partial charge in [0.25, 0.3) is 0 Å². The predicted molar refractivity (Wildman–Crippen MR) is 90.0 cm³/mol. The number of anilines is 2. The van der Waals surface area contributed by atoms with Gasteiger partial charge < -0.3 is 10.6 Å². The second kappa shape index (κ2) is 6.63. The molecule has 2 rings (SSSR count). The van der Waals surface area contributed by atoms with E-state index in [0.29, 0.717) is 17.9 Å². The first-order valence-corrected chi connectivity index (χ1v) is 8.26. The van der Waals surface area contributed by atoms with E-state index >= 15 is 0 Å². The molecule has 3 atom stereocenters. The molecule has 1 aliphatic carbocycles. The standard InChI is InChI=1S/C17H30N4/c1-10(2)15-20-16(18-6)13(5)17(21-15)19-14-9-7-8-11(3)12(14)4/h10-12,14H,7-9H2,1-6H3,(H2,18,19,20,21). The molecule has 2 N–H and O–H groups in total. The topological polar surface area (TPSA) is 49.8 Å². The molecule has 0 bridgehead atoms. The largest absolute Gasteiger partial charge is 0.373 e. The van der Waals surface area contributed by atoms with Crippen LogP contribution in [0.15, 0.2) is 0 Å². The van der Waals surface area contributed by atoms with E-state index in [1.807, 2.05) is 7.05 Å². The second-order valence-corrected chi connectivity index (χ2v) is 6.83. The van der Waals surface area contributed by atoms with Crippen molar-refractivity contribution in [3.8, 4) is 0 Å². The van der Waals surface area contributed by atoms with Crippen molar-refractivity contribution in [1.29, 1.82) is 0 Å². The van der Waals surface area contributed by atoms with Crippen LogP contribution >= 0.6 is 0 Å². The van der Waals surface area contributed by atoms with E-state index in [4.69, 9.17) is 4.98 Å². The molecule has 0 aliphatic heterocycles. The Bertz CT molecular complexity index is 484. The predicted octanol–water partition coefficient (Wildman–Crippen LogP) is 4.19. The maximum absolute atomic E-state index is 4.77. The quantitative estimate of drug-likeness (QED) is 0.873. The molecule has 21 heavy (non-hydrogen) atoms. The first-order valence-electron chi connectivity index (χ1n) is 8.26. The highest BCUT2D eigenvalue weighted by molar-refractivity contribution is 5.57. The maximum Gasteiger partial charge on any atom is 0.135 e. The average molecular weight is 290 g/mol. The molecule has 0 amide bonds. The van der Waals surface area contributed by atoms with Crippen molar-refractivity contribution in [2.75, 3.05) is 17.7 Å². The van der Waals surface area contributed by atoms with Crippen LogP contribution in [0.5, 0.6) is 0 Å². The Labute approximate surface area is 129 Å². The number of hydrogen-bond acceptors (Lipinski definition) is 4. The highest BCUT2D eigenvalue weighted by Crippen LogP contribution is 2.32. The van der Waals surface area contributed by atoms with Crippen LogP contribution in [0.4, 0.5) is 11.6 Å². The number of rotatable bonds is 4. The lowest BCUT2D eigenvalue weighted by molar-refractivity contribution is 0.252. The summed E-state index contributed by atoms with van der Waals surface area (Å²) in [5.41, 5.74) is 1.12. The van der Waals surface area contributed by atoms with E-state index in [-0.39, 0.29) is 0 Å². The van der Waals surface area contributed by atoms with Crippen molar-refractivity contribution in [2.45, 2.75) is 65.8 Å². The third-order valence-electron chi connectivity index (χ3n) is 4.95. The Morgan fingerprint density at radius 3 is 2.38 bits per heavy atom. The van der Waals surface area contributed by atoms with Gasteiger partial charge in [-0.1, -0.05) is 40.5 Å². The smallest absolute Gasteiger partial charge is 0.135 e. The fraction of sp³-hybridized carbons (Fsp3) is 0.765. The summed E-state index contributed by atoms with van der Waals surface area (Å²) in [4.78, 5) is 9.39. The van der Waals surface area contributed by atoms with Gasteiger partial charge in [0.15, 0.2) is 0 Å². The summed E-state index contributed by atoms with van der Waals surface area (Å²) in [6.07, 6.45) is 3.89. The summed E-state index contributed by atoms with van der Waals surface area (Å²) in [7, 11) is 1.93. The van der Waals surface area contributed by atoms with Gasteiger partial charge in [0.1, 0.15) is 17.5 Å². The van der Waals surface area contributed by atoms with Crippen molar-refractivity contribution in [3.05, 3.63) is 11.4 Å². The Morgan fingerprint density at radius 1 is 1.10 bits per heavy atom. The molecule has 0 radical (unpaired) electrons. The molecule has 1 fully saturated rings. The lowest BCUT2D eigenvalue weighted by Gasteiger charge is -2.35. The van der Waals surface area contributed by atoms with Crippen LogP contribution in [-0.2, 0) is 0 Å². The van der Waals surface area contributed by atoms with Crippen LogP contribution in [-0.4, -0.2) is 23.1 Å². The van der Waals surface area contributed by atoms with Crippen molar-refractivity contribution in [2.24, 2.45) is 11.8 Å². The van der Waals surface area contributed by atoms with Crippen molar-refractivity contribution in [3.63, 3.8) is 0 Å². The number of aromatic nitrogens is 2. The summed E-state index contributed by atoms with van der Waals surface area (Å²) in [5, 5.41) is 6.91. The Balaban J connectivity index is 2.28. The second-order valence-electron chi connectivity index (χ2n) is 6.83. The average Bonchev–Trinajstić information content (AvgIpc) is 2.45. The highest BCUT2D eigenvalue weighted by atomic mass is 15.1. The minimum atomic E-state index is 0.334. The summed E-state index contributed by atoms with van der Waals surface area (Å²) < 4.78 is 0. The molecule has 1 saturated carbocycles. The van der Waals surface area contributed by atoms with Crippen LogP contribution in [0.1, 0.15) is 64.3 Å². The van der Waals surface area contributed by atoms with Crippen LogP contribution in [0.2, 0.25) is 0 Å². The van der Waals surface area contributed by atoms with E-state index in [9.17, 15) is 0 Å². The molecule has 1 aliphatic rings. The van der Waals surface area contributed by atoms with E-state index < -0.39 is 0 Å². The lowest BCUT2D eigenvalue weighted by Crippen LogP contribution is -2.35. The Hall–Kier alpha value is -1.32. The van der Waals surface area contributed by atoms with E-state index in [1.165, 1.54) is 19.3 Å². The van der Waals surface area contributed by atoms with E-state index in [1.54, 1.807) is 0 Å². The zero-order valence-electron chi connectivity index (χ0n) is 14.3. The zero-order chi connectivity index (χ0) is 15.6.